The van der Waals surface area contributed by atoms with E-state index >= 15 is 0 Å². The number of rotatable bonds is 7. The van der Waals surface area contributed by atoms with Crippen LogP contribution >= 0.6 is 11.3 Å². The lowest BCUT2D eigenvalue weighted by Crippen LogP contribution is -2.40. The molecule has 124 valence electrons. The number of carbonyl (C=O) groups is 1. The summed E-state index contributed by atoms with van der Waals surface area (Å²) in [6, 6.07) is 7.84. The Hall–Kier alpha value is -2.08. The summed E-state index contributed by atoms with van der Waals surface area (Å²) in [7, 11) is 1.66. The van der Waals surface area contributed by atoms with E-state index in [1.54, 1.807) is 23.3 Å². The molecular weight excluding hydrogens is 310 g/mol. The van der Waals surface area contributed by atoms with E-state index in [2.05, 4.69) is 10.3 Å². The molecule has 0 aliphatic heterocycles. The van der Waals surface area contributed by atoms with Crippen molar-refractivity contribution in [2.45, 2.75) is 20.3 Å². The molecule has 1 heterocycles. The third kappa shape index (κ3) is 4.45. The molecule has 0 aliphatic carbocycles. The van der Waals surface area contributed by atoms with E-state index in [1.165, 1.54) is 0 Å². The number of nitrogens with one attached hydrogen (secondary N) is 1. The van der Waals surface area contributed by atoms with Gasteiger partial charge in [0, 0.05) is 31.4 Å². The van der Waals surface area contributed by atoms with Crippen molar-refractivity contribution in [3.05, 3.63) is 35.3 Å². The Morgan fingerprint density at radius 3 is 2.74 bits per heavy atom. The van der Waals surface area contributed by atoms with Gasteiger partial charge in [-0.2, -0.15) is 0 Å². The van der Waals surface area contributed by atoms with Crippen LogP contribution in [-0.2, 0) is 6.42 Å². The average Bonchev–Trinajstić information content (AvgIpc) is 3.04. The minimum atomic E-state index is -0.0184. The summed E-state index contributed by atoms with van der Waals surface area (Å²) in [6.07, 6.45) is 0.721. The van der Waals surface area contributed by atoms with Gasteiger partial charge in [0.15, 0.2) is 0 Å². The lowest BCUT2D eigenvalue weighted by Gasteiger charge is -2.18. The Bertz CT molecular complexity index is 638. The van der Waals surface area contributed by atoms with Crippen molar-refractivity contribution in [1.29, 1.82) is 0 Å². The summed E-state index contributed by atoms with van der Waals surface area (Å²) in [5.74, 6) is 0.822. The zero-order chi connectivity index (χ0) is 16.7. The molecule has 0 unspecified atom stereocenters. The van der Waals surface area contributed by atoms with Crippen molar-refractivity contribution >= 4 is 17.4 Å². The molecule has 6 heteroatoms. The summed E-state index contributed by atoms with van der Waals surface area (Å²) in [6.45, 7) is 5.98. The van der Waals surface area contributed by atoms with Crippen molar-refractivity contribution in [2.24, 2.45) is 0 Å². The Labute approximate surface area is 141 Å². The molecule has 1 N–H and O–H groups in total. The minimum Gasteiger partial charge on any atom is -0.496 e. The number of carbonyl (C=O) groups excluding carboxylic acids is 1. The fraction of sp³-hybridized carbons (Fsp3) is 0.412. The number of benzene rings is 1. The first-order valence-electron chi connectivity index (χ1n) is 7.80. The highest BCUT2D eigenvalue weighted by molar-refractivity contribution is 7.13. The highest BCUT2D eigenvalue weighted by atomic mass is 32.1. The predicted octanol–water partition coefficient (Wildman–Crippen LogP) is 3.41. The van der Waals surface area contributed by atoms with E-state index in [0.717, 1.165) is 41.5 Å². The molecule has 1 aromatic carbocycles. The van der Waals surface area contributed by atoms with Crippen LogP contribution in [0.5, 0.6) is 5.75 Å². The molecule has 0 atom stereocenters. The molecule has 0 fully saturated rings. The van der Waals surface area contributed by atoms with E-state index in [9.17, 15) is 4.79 Å². The molecule has 23 heavy (non-hydrogen) atoms. The molecule has 0 aliphatic rings. The normalized spacial score (nSPS) is 10.4. The van der Waals surface area contributed by atoms with E-state index in [-0.39, 0.29) is 6.03 Å². The van der Waals surface area contributed by atoms with Crippen LogP contribution in [0.25, 0.3) is 10.6 Å². The van der Waals surface area contributed by atoms with Gasteiger partial charge in [0.25, 0.3) is 0 Å². The topological polar surface area (TPSA) is 54.5 Å². The Morgan fingerprint density at radius 1 is 1.30 bits per heavy atom. The first-order chi connectivity index (χ1) is 11.2. The average molecular weight is 333 g/mol. The second kappa shape index (κ2) is 8.53. The van der Waals surface area contributed by atoms with Gasteiger partial charge in [-0.1, -0.05) is 12.1 Å². The van der Waals surface area contributed by atoms with Gasteiger partial charge < -0.3 is 15.0 Å². The number of urea groups is 1. The van der Waals surface area contributed by atoms with Gasteiger partial charge in [-0.05, 0) is 26.0 Å². The first-order valence-corrected chi connectivity index (χ1v) is 8.68. The molecule has 1 aromatic heterocycles. The second-order valence-corrected chi connectivity index (χ2v) is 5.86. The van der Waals surface area contributed by atoms with Gasteiger partial charge in [0.2, 0.25) is 0 Å². The van der Waals surface area contributed by atoms with Crippen LogP contribution in [0.1, 0.15) is 19.5 Å². The van der Waals surface area contributed by atoms with Crippen molar-refractivity contribution in [3.8, 4) is 16.3 Å². The molecule has 0 radical (unpaired) electrons. The number of methoxy groups -OCH3 is 1. The molecule has 2 amide bonds. The molecule has 0 saturated heterocycles. The maximum atomic E-state index is 11.9. The van der Waals surface area contributed by atoms with Crippen LogP contribution in [0.15, 0.2) is 29.6 Å². The molecule has 0 spiro atoms. The van der Waals surface area contributed by atoms with Gasteiger partial charge in [-0.15, -0.1) is 11.3 Å². The van der Waals surface area contributed by atoms with Gasteiger partial charge in [0.1, 0.15) is 10.8 Å². The zero-order valence-corrected chi connectivity index (χ0v) is 14.7. The number of nitrogens with zero attached hydrogens (tertiary/aromatic N) is 2. The summed E-state index contributed by atoms with van der Waals surface area (Å²) in [5.41, 5.74) is 1.98. The molecule has 5 nitrogen and oxygen atoms in total. The Balaban J connectivity index is 1.94. The zero-order valence-electron chi connectivity index (χ0n) is 13.8. The lowest BCUT2D eigenvalue weighted by atomic mass is 10.2. The number of hydrogen-bond donors (Lipinski definition) is 1. The summed E-state index contributed by atoms with van der Waals surface area (Å²) in [4.78, 5) is 18.3. The van der Waals surface area contributed by atoms with Gasteiger partial charge in [0.05, 0.1) is 18.4 Å². The fourth-order valence-corrected chi connectivity index (χ4v) is 3.17. The summed E-state index contributed by atoms with van der Waals surface area (Å²) < 4.78 is 5.38. The molecular formula is C17H23N3O2S. The molecule has 2 aromatic rings. The number of amides is 2. The highest BCUT2D eigenvalue weighted by Gasteiger charge is 2.11. The third-order valence-electron chi connectivity index (χ3n) is 3.60. The SMILES string of the molecule is CCN(CC)C(=O)NCCc1csc(-c2ccccc2OC)n1. The second-order valence-electron chi connectivity index (χ2n) is 5.00. The van der Waals surface area contributed by atoms with Crippen LogP contribution in [-0.4, -0.2) is 42.7 Å². The molecule has 0 saturated carbocycles. The number of para-hydroxylation sites is 1. The van der Waals surface area contributed by atoms with E-state index in [4.69, 9.17) is 4.74 Å². The van der Waals surface area contributed by atoms with Crippen LogP contribution < -0.4 is 10.1 Å². The van der Waals surface area contributed by atoms with Crippen molar-refractivity contribution in [1.82, 2.24) is 15.2 Å². The Kier molecular flexibility index (Phi) is 6.40. The summed E-state index contributed by atoms with van der Waals surface area (Å²) in [5, 5.41) is 5.90. The van der Waals surface area contributed by atoms with Gasteiger partial charge in [-0.25, -0.2) is 9.78 Å². The quantitative estimate of drug-likeness (QED) is 0.845. The largest absolute Gasteiger partial charge is 0.496 e. The maximum Gasteiger partial charge on any atom is 0.317 e. The third-order valence-corrected chi connectivity index (χ3v) is 4.52. The smallest absolute Gasteiger partial charge is 0.317 e. The lowest BCUT2D eigenvalue weighted by molar-refractivity contribution is 0.203. The predicted molar refractivity (Wildman–Crippen MR) is 94.1 cm³/mol. The van der Waals surface area contributed by atoms with Crippen LogP contribution in [0.3, 0.4) is 0 Å². The highest BCUT2D eigenvalue weighted by Crippen LogP contribution is 2.31. The molecule has 2 rings (SSSR count). The van der Waals surface area contributed by atoms with Crippen LogP contribution in [0.4, 0.5) is 4.79 Å². The maximum absolute atomic E-state index is 11.9. The van der Waals surface area contributed by atoms with E-state index < -0.39 is 0 Å². The summed E-state index contributed by atoms with van der Waals surface area (Å²) >= 11 is 1.59. The van der Waals surface area contributed by atoms with E-state index in [1.807, 2.05) is 43.5 Å². The van der Waals surface area contributed by atoms with Crippen LogP contribution in [0.2, 0.25) is 0 Å². The standard InChI is InChI=1S/C17H23N3O2S/c1-4-20(5-2)17(21)18-11-10-13-12-23-16(19-13)14-8-6-7-9-15(14)22-3/h6-9,12H,4-5,10-11H2,1-3H3,(H,18,21). The van der Waals surface area contributed by atoms with E-state index in [0.29, 0.717) is 6.54 Å². The monoisotopic (exact) mass is 333 g/mol. The Morgan fingerprint density at radius 2 is 2.04 bits per heavy atom. The number of hydrogen-bond acceptors (Lipinski definition) is 4. The van der Waals surface area contributed by atoms with Crippen LogP contribution in [0, 0.1) is 0 Å². The first kappa shape index (κ1) is 17.3. The van der Waals surface area contributed by atoms with Crippen molar-refractivity contribution in [2.75, 3.05) is 26.7 Å². The van der Waals surface area contributed by atoms with Crippen molar-refractivity contribution in [3.63, 3.8) is 0 Å². The molecule has 0 bridgehead atoms. The van der Waals surface area contributed by atoms with Gasteiger partial charge in [-0.3, -0.25) is 0 Å². The fourth-order valence-electron chi connectivity index (χ4n) is 2.29. The minimum absolute atomic E-state index is 0.0184. The number of thiazole rings is 1. The number of ether oxygens (including phenoxy) is 1. The van der Waals surface area contributed by atoms with Gasteiger partial charge >= 0.3 is 6.03 Å². The number of aromatic nitrogens is 1. The van der Waals surface area contributed by atoms with Crippen molar-refractivity contribution < 1.29 is 9.53 Å².